The predicted molar refractivity (Wildman–Crippen MR) is 128 cm³/mol. The molecule has 2 aromatic carbocycles. The van der Waals surface area contributed by atoms with Gasteiger partial charge in [-0.05, 0) is 56.9 Å². The topological polar surface area (TPSA) is 68.1 Å². The molecule has 162 valence electrons. The molecule has 0 saturated heterocycles. The molecule has 0 aliphatic heterocycles. The van der Waals surface area contributed by atoms with Crippen molar-refractivity contribution in [3.8, 4) is 29.2 Å². The van der Waals surface area contributed by atoms with Gasteiger partial charge in [-0.1, -0.05) is 5.92 Å². The van der Waals surface area contributed by atoms with E-state index < -0.39 is 0 Å². The van der Waals surface area contributed by atoms with Crippen LogP contribution < -0.4 is 10.1 Å². The Labute approximate surface area is 188 Å². The summed E-state index contributed by atoms with van der Waals surface area (Å²) in [6.07, 6.45) is 11.1. The lowest BCUT2D eigenvalue weighted by molar-refractivity contribution is 0.198. The van der Waals surface area contributed by atoms with Gasteiger partial charge in [0.15, 0.2) is 0 Å². The van der Waals surface area contributed by atoms with Crippen LogP contribution in [0.3, 0.4) is 0 Å². The molecule has 2 heterocycles. The highest BCUT2D eigenvalue weighted by Gasteiger charge is 2.11. The summed E-state index contributed by atoms with van der Waals surface area (Å²) < 4.78 is 7.88. The van der Waals surface area contributed by atoms with E-state index in [1.807, 2.05) is 69.9 Å². The van der Waals surface area contributed by atoms with Crippen molar-refractivity contribution in [2.24, 2.45) is 7.05 Å². The zero-order valence-corrected chi connectivity index (χ0v) is 18.7. The van der Waals surface area contributed by atoms with Crippen LogP contribution in [-0.4, -0.2) is 51.4 Å². The molecular formula is C25H26N6O. The van der Waals surface area contributed by atoms with E-state index in [2.05, 4.69) is 38.1 Å². The Morgan fingerprint density at radius 2 is 2.00 bits per heavy atom. The number of anilines is 2. The molecule has 0 saturated carbocycles. The maximum atomic E-state index is 6.10. The minimum absolute atomic E-state index is 0.283. The van der Waals surface area contributed by atoms with Crippen LogP contribution in [0.2, 0.25) is 0 Å². The molecule has 0 amide bonds. The molecule has 32 heavy (non-hydrogen) atoms. The third-order valence-corrected chi connectivity index (χ3v) is 5.32. The standard InChI is InChI=1S/C25H26N6O/c1-6-18-7-8-24-20(9-18)13-26-25(29-24)28-22-10-19(21-14-27-31(5)15-21)11-23(12-22)32-16-17(2)30(3)4/h1,7-15,17H,16H2,2-5H3,(H,26,28,29)/t17-/m1/s1. The van der Waals surface area contributed by atoms with Gasteiger partial charge in [-0.2, -0.15) is 5.10 Å². The molecule has 0 unspecified atom stereocenters. The maximum absolute atomic E-state index is 6.10. The van der Waals surface area contributed by atoms with Crippen LogP contribution in [0, 0.1) is 12.3 Å². The number of aryl methyl sites for hydroxylation is 1. The lowest BCUT2D eigenvalue weighted by Gasteiger charge is -2.20. The van der Waals surface area contributed by atoms with Gasteiger partial charge in [-0.25, -0.2) is 9.97 Å². The predicted octanol–water partition coefficient (Wildman–Crippen LogP) is 4.08. The summed E-state index contributed by atoms with van der Waals surface area (Å²) in [4.78, 5) is 11.2. The van der Waals surface area contributed by atoms with Crippen LogP contribution in [0.25, 0.3) is 22.0 Å². The summed E-state index contributed by atoms with van der Waals surface area (Å²) >= 11 is 0. The molecule has 0 spiro atoms. The Morgan fingerprint density at radius 3 is 2.72 bits per heavy atom. The van der Waals surface area contributed by atoms with Gasteiger partial charge in [0, 0.05) is 53.8 Å². The van der Waals surface area contributed by atoms with Gasteiger partial charge in [0.1, 0.15) is 12.4 Å². The summed E-state index contributed by atoms with van der Waals surface area (Å²) in [6, 6.07) is 12.0. The van der Waals surface area contributed by atoms with E-state index in [9.17, 15) is 0 Å². The summed E-state index contributed by atoms with van der Waals surface area (Å²) in [5.74, 6) is 3.90. The monoisotopic (exact) mass is 426 g/mol. The molecule has 7 heteroatoms. The van der Waals surface area contributed by atoms with Crippen molar-refractivity contribution in [2.75, 3.05) is 26.0 Å². The molecule has 0 aliphatic carbocycles. The summed E-state index contributed by atoms with van der Waals surface area (Å²) in [5.41, 5.74) is 4.46. The Morgan fingerprint density at radius 1 is 1.16 bits per heavy atom. The van der Waals surface area contributed by atoms with Crippen LogP contribution in [0.4, 0.5) is 11.6 Å². The van der Waals surface area contributed by atoms with Crippen LogP contribution in [-0.2, 0) is 7.05 Å². The Bertz CT molecular complexity index is 1290. The van der Waals surface area contributed by atoms with E-state index in [4.69, 9.17) is 11.2 Å². The van der Waals surface area contributed by atoms with Crippen molar-refractivity contribution in [1.82, 2.24) is 24.6 Å². The fourth-order valence-electron chi connectivity index (χ4n) is 3.17. The average Bonchev–Trinajstić information content (AvgIpc) is 3.23. The smallest absolute Gasteiger partial charge is 0.227 e. The first-order valence-corrected chi connectivity index (χ1v) is 10.3. The number of nitrogens with one attached hydrogen (secondary N) is 1. The fraction of sp³-hybridized carbons (Fsp3) is 0.240. The van der Waals surface area contributed by atoms with Crippen molar-refractivity contribution < 1.29 is 4.74 Å². The number of fused-ring (bicyclic) bond motifs is 1. The fourth-order valence-corrected chi connectivity index (χ4v) is 3.17. The number of hydrogen-bond donors (Lipinski definition) is 1. The van der Waals surface area contributed by atoms with Gasteiger partial charge in [0.25, 0.3) is 0 Å². The third-order valence-electron chi connectivity index (χ3n) is 5.32. The van der Waals surface area contributed by atoms with E-state index in [1.54, 1.807) is 10.9 Å². The zero-order chi connectivity index (χ0) is 22.7. The van der Waals surface area contributed by atoms with Crippen molar-refractivity contribution >= 4 is 22.5 Å². The molecule has 0 bridgehead atoms. The van der Waals surface area contributed by atoms with E-state index in [0.717, 1.165) is 39.0 Å². The minimum atomic E-state index is 0.283. The SMILES string of the molecule is C#Cc1ccc2nc(Nc3cc(OC[C@@H](C)N(C)C)cc(-c4cnn(C)c4)c3)ncc2c1. The first-order valence-electron chi connectivity index (χ1n) is 10.3. The largest absolute Gasteiger partial charge is 0.492 e. The molecule has 7 nitrogen and oxygen atoms in total. The van der Waals surface area contributed by atoms with Crippen LogP contribution in [0.15, 0.2) is 55.0 Å². The van der Waals surface area contributed by atoms with Crippen molar-refractivity contribution in [3.05, 3.63) is 60.6 Å². The molecule has 1 N–H and O–H groups in total. The number of aromatic nitrogens is 4. The van der Waals surface area contributed by atoms with Gasteiger partial charge < -0.3 is 15.0 Å². The number of ether oxygens (including phenoxy) is 1. The summed E-state index contributed by atoms with van der Waals surface area (Å²) in [5, 5.41) is 8.50. The Balaban J connectivity index is 1.65. The lowest BCUT2D eigenvalue weighted by atomic mass is 10.1. The second-order valence-electron chi connectivity index (χ2n) is 8.01. The quantitative estimate of drug-likeness (QED) is 0.449. The highest BCUT2D eigenvalue weighted by Crippen LogP contribution is 2.30. The maximum Gasteiger partial charge on any atom is 0.227 e. The third kappa shape index (κ3) is 4.88. The second kappa shape index (κ2) is 9.08. The van der Waals surface area contributed by atoms with E-state index in [-0.39, 0.29) is 6.04 Å². The van der Waals surface area contributed by atoms with E-state index in [1.165, 1.54) is 0 Å². The number of rotatable bonds is 7. The number of nitrogens with zero attached hydrogens (tertiary/aromatic N) is 5. The molecule has 4 rings (SSSR count). The first-order chi connectivity index (χ1) is 15.4. The molecule has 4 aromatic rings. The summed E-state index contributed by atoms with van der Waals surface area (Å²) in [7, 11) is 5.98. The molecular weight excluding hydrogens is 400 g/mol. The normalized spacial score (nSPS) is 12.0. The van der Waals surface area contributed by atoms with E-state index in [0.29, 0.717) is 12.6 Å². The Kier molecular flexibility index (Phi) is 6.06. The average molecular weight is 427 g/mol. The van der Waals surface area contributed by atoms with Gasteiger partial charge in [-0.3, -0.25) is 4.68 Å². The molecule has 1 atom stereocenters. The second-order valence-corrected chi connectivity index (χ2v) is 8.01. The zero-order valence-electron chi connectivity index (χ0n) is 18.7. The Hall–Kier alpha value is -3.89. The highest BCUT2D eigenvalue weighted by molar-refractivity contribution is 5.81. The molecule has 0 radical (unpaired) electrons. The number of benzene rings is 2. The number of hydrogen-bond acceptors (Lipinski definition) is 6. The highest BCUT2D eigenvalue weighted by atomic mass is 16.5. The molecule has 0 fully saturated rings. The van der Waals surface area contributed by atoms with Gasteiger partial charge >= 0.3 is 0 Å². The minimum Gasteiger partial charge on any atom is -0.492 e. The van der Waals surface area contributed by atoms with Crippen LogP contribution >= 0.6 is 0 Å². The van der Waals surface area contributed by atoms with Crippen molar-refractivity contribution in [3.63, 3.8) is 0 Å². The van der Waals surface area contributed by atoms with Gasteiger partial charge in [-0.15, -0.1) is 6.42 Å². The lowest BCUT2D eigenvalue weighted by Crippen LogP contribution is -2.30. The number of terminal acetylenes is 1. The summed E-state index contributed by atoms with van der Waals surface area (Å²) in [6.45, 7) is 2.70. The number of likely N-dealkylation sites (N-methyl/N-ethyl adjacent to an activating group) is 1. The first kappa shape index (κ1) is 21.3. The van der Waals surface area contributed by atoms with Crippen LogP contribution in [0.5, 0.6) is 5.75 Å². The van der Waals surface area contributed by atoms with Crippen molar-refractivity contribution in [2.45, 2.75) is 13.0 Å². The van der Waals surface area contributed by atoms with Crippen LogP contribution in [0.1, 0.15) is 12.5 Å². The van der Waals surface area contributed by atoms with E-state index >= 15 is 0 Å². The molecule has 2 aromatic heterocycles. The van der Waals surface area contributed by atoms with Crippen molar-refractivity contribution in [1.29, 1.82) is 0 Å². The molecule has 0 aliphatic rings. The van der Waals surface area contributed by atoms with Gasteiger partial charge in [0.05, 0.1) is 11.7 Å². The van der Waals surface area contributed by atoms with Gasteiger partial charge in [0.2, 0.25) is 5.95 Å².